The van der Waals surface area contributed by atoms with Gasteiger partial charge in [0.1, 0.15) is 0 Å². The Morgan fingerprint density at radius 1 is 1.21 bits per heavy atom. The smallest absolute Gasteiger partial charge is 0.219 e. The average Bonchev–Trinajstić information content (AvgIpc) is 2.42. The zero-order valence-electron chi connectivity index (χ0n) is 11.2. The van der Waals surface area contributed by atoms with Crippen LogP contribution in [0.1, 0.15) is 18.9 Å². The topological polar surface area (TPSA) is 57.4 Å². The van der Waals surface area contributed by atoms with Crippen LogP contribution < -0.4 is 15.2 Å². The van der Waals surface area contributed by atoms with E-state index in [4.69, 9.17) is 15.2 Å². The predicted molar refractivity (Wildman–Crippen MR) is 75.7 cm³/mol. The van der Waals surface area contributed by atoms with E-state index in [-0.39, 0.29) is 0 Å². The van der Waals surface area contributed by atoms with E-state index in [9.17, 15) is 0 Å². The van der Waals surface area contributed by atoms with Gasteiger partial charge in [-0.25, -0.2) is 4.98 Å². The second kappa shape index (κ2) is 6.09. The molecule has 19 heavy (non-hydrogen) atoms. The van der Waals surface area contributed by atoms with Crippen LogP contribution in [0.4, 0.5) is 5.69 Å². The van der Waals surface area contributed by atoms with E-state index in [2.05, 4.69) is 11.9 Å². The zero-order chi connectivity index (χ0) is 13.7. The van der Waals surface area contributed by atoms with E-state index in [0.717, 1.165) is 17.7 Å². The summed E-state index contributed by atoms with van der Waals surface area (Å²) in [7, 11) is 0. The van der Waals surface area contributed by atoms with Crippen LogP contribution in [0.2, 0.25) is 0 Å². The Labute approximate surface area is 113 Å². The van der Waals surface area contributed by atoms with Crippen molar-refractivity contribution in [2.75, 3.05) is 12.3 Å². The molecule has 0 amide bonds. The van der Waals surface area contributed by atoms with Gasteiger partial charge in [-0.1, -0.05) is 19.1 Å². The van der Waals surface area contributed by atoms with Gasteiger partial charge in [-0.2, -0.15) is 0 Å². The highest BCUT2D eigenvalue weighted by molar-refractivity contribution is 5.47. The first-order chi connectivity index (χ1) is 9.20. The minimum Gasteiger partial charge on any atom is -0.490 e. The summed E-state index contributed by atoms with van der Waals surface area (Å²) < 4.78 is 11.4. The monoisotopic (exact) mass is 258 g/mol. The van der Waals surface area contributed by atoms with E-state index in [1.165, 1.54) is 0 Å². The normalized spacial score (nSPS) is 10.2. The van der Waals surface area contributed by atoms with Gasteiger partial charge in [-0.05, 0) is 31.0 Å². The molecule has 0 unspecified atom stereocenters. The van der Waals surface area contributed by atoms with Gasteiger partial charge in [-0.3, -0.25) is 0 Å². The number of anilines is 1. The quantitative estimate of drug-likeness (QED) is 0.891. The Kier molecular flexibility index (Phi) is 4.23. The molecule has 0 aliphatic heterocycles. The lowest BCUT2D eigenvalue weighted by Crippen LogP contribution is -1.98. The van der Waals surface area contributed by atoms with Crippen LogP contribution >= 0.6 is 0 Å². The van der Waals surface area contributed by atoms with Crippen molar-refractivity contribution < 1.29 is 9.47 Å². The van der Waals surface area contributed by atoms with Crippen molar-refractivity contribution in [3.8, 4) is 17.4 Å². The number of nitrogens with two attached hydrogens (primary N) is 1. The van der Waals surface area contributed by atoms with Gasteiger partial charge in [0, 0.05) is 6.07 Å². The Morgan fingerprint density at radius 2 is 1.95 bits per heavy atom. The number of aryl methyl sites for hydroxylation is 1. The first-order valence-electron chi connectivity index (χ1n) is 6.32. The zero-order valence-corrected chi connectivity index (χ0v) is 11.2. The molecule has 0 radical (unpaired) electrons. The third-order valence-corrected chi connectivity index (χ3v) is 2.65. The molecule has 1 aromatic carbocycles. The summed E-state index contributed by atoms with van der Waals surface area (Å²) in [6, 6.07) is 9.37. The van der Waals surface area contributed by atoms with Crippen LogP contribution in [-0.4, -0.2) is 11.6 Å². The number of hydrogen-bond acceptors (Lipinski definition) is 4. The Balaban J connectivity index is 2.20. The van der Waals surface area contributed by atoms with Gasteiger partial charge in [0.25, 0.3) is 0 Å². The van der Waals surface area contributed by atoms with Crippen LogP contribution in [0.25, 0.3) is 0 Å². The molecule has 1 heterocycles. The molecule has 2 aromatic rings. The number of aromatic nitrogens is 1. The first kappa shape index (κ1) is 13.2. The van der Waals surface area contributed by atoms with Crippen molar-refractivity contribution in [2.24, 2.45) is 0 Å². The molecular formula is C15H18N2O2. The van der Waals surface area contributed by atoms with Gasteiger partial charge >= 0.3 is 0 Å². The van der Waals surface area contributed by atoms with Crippen molar-refractivity contribution in [1.82, 2.24) is 4.98 Å². The number of para-hydroxylation sites is 2. The number of hydrogen-bond donors (Lipinski definition) is 1. The maximum absolute atomic E-state index is 5.75. The standard InChI is InChI=1S/C15H18N2O2/c1-3-8-18-13-6-4-5-7-14(13)19-15-9-11(2)12(16)10-17-15/h4-7,9-10H,3,8,16H2,1-2H3. The predicted octanol–water partition coefficient (Wildman–Crippen LogP) is 3.55. The molecule has 0 spiro atoms. The Morgan fingerprint density at radius 3 is 2.63 bits per heavy atom. The second-order valence-corrected chi connectivity index (χ2v) is 4.28. The lowest BCUT2D eigenvalue weighted by molar-refractivity contribution is 0.301. The third kappa shape index (κ3) is 3.37. The fourth-order valence-corrected chi connectivity index (χ4v) is 1.58. The van der Waals surface area contributed by atoms with Crippen LogP contribution in [0.15, 0.2) is 36.5 Å². The summed E-state index contributed by atoms with van der Waals surface area (Å²) in [5.41, 5.74) is 7.33. The van der Waals surface area contributed by atoms with E-state index >= 15 is 0 Å². The lowest BCUT2D eigenvalue weighted by Gasteiger charge is -2.11. The van der Waals surface area contributed by atoms with Crippen LogP contribution in [-0.2, 0) is 0 Å². The van der Waals surface area contributed by atoms with Gasteiger partial charge in [-0.15, -0.1) is 0 Å². The summed E-state index contributed by atoms with van der Waals surface area (Å²) >= 11 is 0. The molecule has 0 saturated heterocycles. The summed E-state index contributed by atoms with van der Waals surface area (Å²) in [5, 5.41) is 0. The summed E-state index contributed by atoms with van der Waals surface area (Å²) in [4.78, 5) is 4.15. The Hall–Kier alpha value is -2.23. The van der Waals surface area contributed by atoms with Gasteiger partial charge < -0.3 is 15.2 Å². The largest absolute Gasteiger partial charge is 0.490 e. The molecule has 0 fully saturated rings. The van der Waals surface area contributed by atoms with Crippen molar-refractivity contribution in [1.29, 1.82) is 0 Å². The van der Waals surface area contributed by atoms with Crippen molar-refractivity contribution in [3.63, 3.8) is 0 Å². The highest BCUT2D eigenvalue weighted by Gasteiger charge is 2.07. The van der Waals surface area contributed by atoms with E-state index in [1.54, 1.807) is 6.20 Å². The SMILES string of the molecule is CCCOc1ccccc1Oc1cc(C)c(N)cn1. The van der Waals surface area contributed by atoms with Crippen LogP contribution in [0, 0.1) is 6.92 Å². The first-order valence-corrected chi connectivity index (χ1v) is 6.32. The minimum absolute atomic E-state index is 0.513. The number of nitrogens with zero attached hydrogens (tertiary/aromatic N) is 1. The molecule has 0 atom stereocenters. The molecule has 4 nitrogen and oxygen atoms in total. The van der Waals surface area contributed by atoms with Crippen LogP contribution in [0.3, 0.4) is 0 Å². The van der Waals surface area contributed by atoms with E-state index < -0.39 is 0 Å². The lowest BCUT2D eigenvalue weighted by atomic mass is 10.2. The highest BCUT2D eigenvalue weighted by atomic mass is 16.5. The molecule has 2 rings (SSSR count). The number of rotatable bonds is 5. The van der Waals surface area contributed by atoms with Crippen molar-refractivity contribution in [3.05, 3.63) is 42.1 Å². The number of benzene rings is 1. The molecule has 2 N–H and O–H groups in total. The molecule has 0 aliphatic carbocycles. The van der Waals surface area contributed by atoms with E-state index in [1.807, 2.05) is 37.3 Å². The van der Waals surface area contributed by atoms with Crippen LogP contribution in [0.5, 0.6) is 17.4 Å². The van der Waals surface area contributed by atoms with E-state index in [0.29, 0.717) is 23.9 Å². The highest BCUT2D eigenvalue weighted by Crippen LogP contribution is 2.31. The molecule has 0 saturated carbocycles. The summed E-state index contributed by atoms with van der Waals surface area (Å²) in [5.74, 6) is 1.90. The maximum atomic E-state index is 5.75. The fraction of sp³-hybridized carbons (Fsp3) is 0.267. The molecule has 4 heteroatoms. The minimum atomic E-state index is 0.513. The second-order valence-electron chi connectivity index (χ2n) is 4.28. The van der Waals surface area contributed by atoms with Crippen molar-refractivity contribution >= 4 is 5.69 Å². The Bertz CT molecular complexity index is 556. The third-order valence-electron chi connectivity index (χ3n) is 2.65. The maximum Gasteiger partial charge on any atom is 0.219 e. The molecule has 0 bridgehead atoms. The molecule has 100 valence electrons. The van der Waals surface area contributed by atoms with Gasteiger partial charge in [0.05, 0.1) is 18.5 Å². The van der Waals surface area contributed by atoms with Crippen molar-refractivity contribution in [2.45, 2.75) is 20.3 Å². The number of ether oxygens (including phenoxy) is 2. The number of pyridine rings is 1. The number of nitrogen functional groups attached to an aromatic ring is 1. The average molecular weight is 258 g/mol. The van der Waals surface area contributed by atoms with Gasteiger partial charge in [0.15, 0.2) is 11.5 Å². The molecule has 0 aliphatic rings. The molecular weight excluding hydrogens is 240 g/mol. The fourth-order valence-electron chi connectivity index (χ4n) is 1.58. The van der Waals surface area contributed by atoms with Gasteiger partial charge in [0.2, 0.25) is 5.88 Å². The summed E-state index contributed by atoms with van der Waals surface area (Å²) in [6.07, 6.45) is 2.55. The summed E-state index contributed by atoms with van der Waals surface area (Å²) in [6.45, 7) is 4.65. The molecule has 1 aromatic heterocycles.